The van der Waals surface area contributed by atoms with Gasteiger partial charge in [-0.2, -0.15) is 0 Å². The normalized spacial score (nSPS) is 17.1. The number of hydrogen-bond acceptors (Lipinski definition) is 4. The van der Waals surface area contributed by atoms with Gasteiger partial charge in [-0.15, -0.1) is 0 Å². The summed E-state index contributed by atoms with van der Waals surface area (Å²) in [4.78, 5) is 24.9. The Bertz CT molecular complexity index is 517. The lowest BCUT2D eigenvalue weighted by Gasteiger charge is -2.31. The van der Waals surface area contributed by atoms with Crippen molar-refractivity contribution in [2.24, 2.45) is 0 Å². The zero-order chi connectivity index (χ0) is 14.7. The van der Waals surface area contributed by atoms with Crippen LogP contribution in [-0.2, 0) is 9.59 Å². The quantitative estimate of drug-likeness (QED) is 0.817. The summed E-state index contributed by atoms with van der Waals surface area (Å²) >= 11 is 3.47. The number of piperazine rings is 1. The molecular formula is C14H18BrN3O2. The Morgan fingerprint density at radius 1 is 1.35 bits per heavy atom. The Labute approximate surface area is 126 Å². The molecule has 5 nitrogen and oxygen atoms in total. The van der Waals surface area contributed by atoms with Crippen molar-refractivity contribution in [3.05, 3.63) is 28.2 Å². The van der Waals surface area contributed by atoms with Crippen LogP contribution < -0.4 is 15.5 Å². The van der Waals surface area contributed by atoms with Gasteiger partial charge in [0, 0.05) is 16.2 Å². The molecule has 108 valence electrons. The number of amides is 2. The summed E-state index contributed by atoms with van der Waals surface area (Å²) in [5.41, 5.74) is 1.99. The van der Waals surface area contributed by atoms with Crippen molar-refractivity contribution in [1.82, 2.24) is 10.6 Å². The number of hydrogen-bond donors (Lipinski definition) is 2. The highest BCUT2D eigenvalue weighted by Gasteiger charge is 2.25. The molecule has 1 unspecified atom stereocenters. The van der Waals surface area contributed by atoms with E-state index in [-0.39, 0.29) is 30.9 Å². The van der Waals surface area contributed by atoms with Crippen LogP contribution in [0, 0.1) is 0 Å². The van der Waals surface area contributed by atoms with E-state index in [0.717, 1.165) is 22.3 Å². The van der Waals surface area contributed by atoms with Crippen molar-refractivity contribution in [3.63, 3.8) is 0 Å². The average molecular weight is 340 g/mol. The van der Waals surface area contributed by atoms with Crippen LogP contribution in [0.5, 0.6) is 0 Å². The van der Waals surface area contributed by atoms with Gasteiger partial charge in [-0.05, 0) is 37.2 Å². The van der Waals surface area contributed by atoms with Crippen molar-refractivity contribution in [2.45, 2.75) is 19.9 Å². The van der Waals surface area contributed by atoms with E-state index in [1.165, 1.54) is 0 Å². The van der Waals surface area contributed by atoms with Crippen molar-refractivity contribution < 1.29 is 9.59 Å². The topological polar surface area (TPSA) is 61.4 Å². The van der Waals surface area contributed by atoms with Crippen LogP contribution in [0.15, 0.2) is 22.7 Å². The molecule has 0 saturated carbocycles. The molecule has 0 spiro atoms. The second-order valence-corrected chi connectivity index (χ2v) is 5.73. The maximum atomic E-state index is 11.5. The smallest absolute Gasteiger partial charge is 0.246 e. The first-order valence-electron chi connectivity index (χ1n) is 6.61. The van der Waals surface area contributed by atoms with Gasteiger partial charge in [-0.3, -0.25) is 14.9 Å². The highest BCUT2D eigenvalue weighted by atomic mass is 79.9. The van der Waals surface area contributed by atoms with Crippen LogP contribution in [-0.4, -0.2) is 31.4 Å². The van der Waals surface area contributed by atoms with Crippen LogP contribution in [0.1, 0.15) is 25.5 Å². The fourth-order valence-corrected chi connectivity index (χ4v) is 2.76. The van der Waals surface area contributed by atoms with Gasteiger partial charge in [0.25, 0.3) is 0 Å². The Hall–Kier alpha value is -1.40. The molecule has 2 rings (SSSR count). The molecule has 0 aliphatic carbocycles. The first-order valence-corrected chi connectivity index (χ1v) is 7.41. The van der Waals surface area contributed by atoms with E-state index in [1.54, 1.807) is 0 Å². The molecule has 1 heterocycles. The summed E-state index contributed by atoms with van der Waals surface area (Å²) in [6.07, 6.45) is 0. The molecule has 1 aromatic carbocycles. The van der Waals surface area contributed by atoms with E-state index in [9.17, 15) is 9.59 Å². The largest absolute Gasteiger partial charge is 0.353 e. The number of halogens is 1. The van der Waals surface area contributed by atoms with E-state index in [0.29, 0.717) is 0 Å². The van der Waals surface area contributed by atoms with Crippen LogP contribution in [0.3, 0.4) is 0 Å². The van der Waals surface area contributed by atoms with E-state index in [2.05, 4.69) is 33.5 Å². The van der Waals surface area contributed by atoms with Gasteiger partial charge in [0.2, 0.25) is 11.8 Å². The third-order valence-corrected chi connectivity index (χ3v) is 3.75. The molecule has 6 heteroatoms. The lowest BCUT2D eigenvalue weighted by atomic mass is 10.0. The molecule has 1 fully saturated rings. The molecule has 2 amide bonds. The third-order valence-electron chi connectivity index (χ3n) is 3.25. The van der Waals surface area contributed by atoms with E-state index < -0.39 is 0 Å². The number of carbonyl (C=O) groups excluding carboxylic acids is 2. The monoisotopic (exact) mass is 339 g/mol. The molecule has 1 saturated heterocycles. The molecular weight excluding hydrogens is 322 g/mol. The lowest BCUT2D eigenvalue weighted by Crippen LogP contribution is -2.51. The van der Waals surface area contributed by atoms with Crippen molar-refractivity contribution in [2.75, 3.05) is 24.5 Å². The summed E-state index contributed by atoms with van der Waals surface area (Å²) in [5.74, 6) is -0.516. The van der Waals surface area contributed by atoms with Crippen molar-refractivity contribution >= 4 is 33.4 Å². The Kier molecular flexibility index (Phi) is 4.77. The van der Waals surface area contributed by atoms with Crippen LogP contribution in [0.2, 0.25) is 0 Å². The summed E-state index contributed by atoms with van der Waals surface area (Å²) in [5, 5.41) is 5.68. The maximum absolute atomic E-state index is 11.5. The molecule has 1 aliphatic heterocycles. The molecule has 1 aromatic rings. The second-order valence-electron chi connectivity index (χ2n) is 4.81. The van der Waals surface area contributed by atoms with Gasteiger partial charge in [0.1, 0.15) is 0 Å². The molecule has 20 heavy (non-hydrogen) atoms. The molecule has 0 bridgehead atoms. The van der Waals surface area contributed by atoms with E-state index in [1.807, 2.05) is 30.0 Å². The first-order chi connectivity index (χ1) is 9.51. The SMILES string of the molecule is CCNC(C)c1cc(Br)ccc1N1CC(=O)NC(=O)C1. The molecule has 0 radical (unpaired) electrons. The predicted molar refractivity (Wildman–Crippen MR) is 81.6 cm³/mol. The molecule has 1 atom stereocenters. The summed E-state index contributed by atoms with van der Waals surface area (Å²) < 4.78 is 0.980. The first kappa shape index (κ1) is 15.0. The predicted octanol–water partition coefficient (Wildman–Crippen LogP) is 1.58. The number of nitrogens with one attached hydrogen (secondary N) is 2. The van der Waals surface area contributed by atoms with Gasteiger partial charge in [-0.25, -0.2) is 0 Å². The number of anilines is 1. The zero-order valence-corrected chi connectivity index (χ0v) is 13.2. The number of carbonyl (C=O) groups is 2. The highest BCUT2D eigenvalue weighted by Crippen LogP contribution is 2.30. The summed E-state index contributed by atoms with van der Waals surface area (Å²) in [6, 6.07) is 6.04. The average Bonchev–Trinajstić information content (AvgIpc) is 2.37. The fraction of sp³-hybridized carbons (Fsp3) is 0.429. The minimum absolute atomic E-state index is 0.146. The second kappa shape index (κ2) is 6.37. The van der Waals surface area contributed by atoms with Crippen LogP contribution >= 0.6 is 15.9 Å². The zero-order valence-electron chi connectivity index (χ0n) is 11.6. The van der Waals surface area contributed by atoms with Gasteiger partial charge < -0.3 is 10.2 Å². The standard InChI is InChI=1S/C14H18BrN3O2/c1-3-16-9(2)11-6-10(15)4-5-12(11)18-7-13(19)17-14(20)8-18/h4-6,9,16H,3,7-8H2,1-2H3,(H,17,19,20). The maximum Gasteiger partial charge on any atom is 0.246 e. The number of imide groups is 1. The van der Waals surface area contributed by atoms with Gasteiger partial charge in [0.15, 0.2) is 0 Å². The Balaban J connectivity index is 2.34. The van der Waals surface area contributed by atoms with Crippen molar-refractivity contribution in [3.8, 4) is 0 Å². The fourth-order valence-electron chi connectivity index (χ4n) is 2.38. The lowest BCUT2D eigenvalue weighted by molar-refractivity contribution is -0.130. The van der Waals surface area contributed by atoms with Crippen molar-refractivity contribution in [1.29, 1.82) is 0 Å². The molecule has 0 aromatic heterocycles. The molecule has 1 aliphatic rings. The number of nitrogens with zero attached hydrogens (tertiary/aromatic N) is 1. The minimum Gasteiger partial charge on any atom is -0.353 e. The summed E-state index contributed by atoms with van der Waals surface area (Å²) in [7, 11) is 0. The van der Waals surface area contributed by atoms with Gasteiger partial charge in [-0.1, -0.05) is 22.9 Å². The number of benzene rings is 1. The minimum atomic E-state index is -0.258. The van der Waals surface area contributed by atoms with E-state index >= 15 is 0 Å². The molecule has 2 N–H and O–H groups in total. The summed E-state index contributed by atoms with van der Waals surface area (Å²) in [6.45, 7) is 5.39. The van der Waals surface area contributed by atoms with Gasteiger partial charge in [0.05, 0.1) is 13.1 Å². The highest BCUT2D eigenvalue weighted by molar-refractivity contribution is 9.10. The number of rotatable bonds is 4. The van der Waals surface area contributed by atoms with Gasteiger partial charge >= 0.3 is 0 Å². The van der Waals surface area contributed by atoms with E-state index in [4.69, 9.17) is 0 Å². The van der Waals surface area contributed by atoms with Crippen LogP contribution in [0.25, 0.3) is 0 Å². The Morgan fingerprint density at radius 2 is 2.00 bits per heavy atom. The Morgan fingerprint density at radius 3 is 2.60 bits per heavy atom. The third kappa shape index (κ3) is 3.37. The van der Waals surface area contributed by atoms with Crippen LogP contribution in [0.4, 0.5) is 5.69 Å².